The van der Waals surface area contributed by atoms with E-state index >= 15 is 0 Å². The first kappa shape index (κ1) is 45.6. The Morgan fingerprint density at radius 1 is 0.455 bits per heavy atom. The number of hydrogen-bond acceptors (Lipinski definition) is 0. The first-order chi connectivity index (χ1) is 20.7. The highest BCUT2D eigenvalue weighted by atomic mass is 14.2. The van der Waals surface area contributed by atoms with Crippen molar-refractivity contribution in [1.82, 2.24) is 0 Å². The van der Waals surface area contributed by atoms with Crippen molar-refractivity contribution in [3.05, 3.63) is 107 Å². The highest BCUT2D eigenvalue weighted by molar-refractivity contribution is 5.90. The zero-order valence-corrected chi connectivity index (χ0v) is 30.8. The minimum atomic E-state index is 0. The minimum absolute atomic E-state index is 0. The van der Waals surface area contributed by atoms with Crippen LogP contribution in [0.2, 0.25) is 0 Å². The highest BCUT2D eigenvalue weighted by Crippen LogP contribution is 2.35. The van der Waals surface area contributed by atoms with Gasteiger partial charge < -0.3 is 0 Å². The Labute approximate surface area is 276 Å². The number of benzene rings is 4. The van der Waals surface area contributed by atoms with E-state index in [2.05, 4.69) is 154 Å². The normalized spacial score (nSPS) is 10.2. The predicted molar refractivity (Wildman–Crippen MR) is 208 cm³/mol. The lowest BCUT2D eigenvalue weighted by Crippen LogP contribution is -1.77. The van der Waals surface area contributed by atoms with Crippen LogP contribution in [-0.2, 0) is 19.3 Å². The van der Waals surface area contributed by atoms with Gasteiger partial charge in [-0.1, -0.05) is 202 Å². The van der Waals surface area contributed by atoms with Crippen molar-refractivity contribution in [3.8, 4) is 11.1 Å². The van der Waals surface area contributed by atoms with Gasteiger partial charge in [-0.15, -0.1) is 0 Å². The van der Waals surface area contributed by atoms with E-state index < -0.39 is 0 Å². The Morgan fingerprint density at radius 2 is 0.727 bits per heavy atom. The maximum absolute atomic E-state index is 2.25. The molecule has 0 N–H and O–H groups in total. The van der Waals surface area contributed by atoms with Crippen molar-refractivity contribution in [2.75, 3.05) is 0 Å². The largest absolute Gasteiger partial charge is 0.0776 e. The van der Waals surface area contributed by atoms with Gasteiger partial charge in [-0.05, 0) is 75.3 Å². The van der Waals surface area contributed by atoms with E-state index in [0.29, 0.717) is 0 Å². The molecule has 0 nitrogen and oxygen atoms in total. The van der Waals surface area contributed by atoms with Crippen LogP contribution < -0.4 is 0 Å². The van der Waals surface area contributed by atoms with Crippen LogP contribution in [0.1, 0.15) is 139 Å². The first-order valence-electron chi connectivity index (χ1n) is 17.3. The second kappa shape index (κ2) is 28.9. The van der Waals surface area contributed by atoms with Gasteiger partial charge in [-0.25, -0.2) is 0 Å². The SMILES string of the molecule is C.CC.CC.CC(C)C.CC(C)C.CCC.CCC.c1cc2c3c(cccc3c1)CC2.c1ccc2c(c1)Cc1ccccc1-2. The fourth-order valence-corrected chi connectivity index (χ4v) is 4.27. The molecule has 6 rings (SSSR count). The summed E-state index contributed by atoms with van der Waals surface area (Å²) in [6.45, 7) is 29.5. The standard InChI is InChI=1S/C13H10.C12H10.2C4H10.2C3H8.2C2H6.CH4/c1-3-7-12-10(5-1)9-11-6-2-4-8-13(11)12;1-3-9-4-2-6-11-8-7-10(5-1)12(9)11;2*1-4(2)3;2*1-3-2;2*1-2;/h1-8H,9H2;1-6H,7-8H2;2*4H,1-3H3;2*3H2,1-2H3;2*1-2H3;1H4. The number of fused-ring (bicyclic) bond motifs is 3. The van der Waals surface area contributed by atoms with Crippen molar-refractivity contribution in [2.24, 2.45) is 11.8 Å². The molecule has 2 aliphatic carbocycles. The molecule has 0 aliphatic heterocycles. The molecule has 248 valence electrons. The zero-order valence-electron chi connectivity index (χ0n) is 30.8. The Bertz CT molecular complexity index is 1100. The van der Waals surface area contributed by atoms with E-state index in [9.17, 15) is 0 Å². The molecule has 0 saturated heterocycles. The molecular weight excluding hydrogens is 528 g/mol. The molecule has 0 radical (unpaired) electrons. The fraction of sp³-hybridized carbons (Fsp3) is 0.500. The lowest BCUT2D eigenvalue weighted by molar-refractivity contribution is 0.736. The molecule has 44 heavy (non-hydrogen) atoms. The molecule has 0 unspecified atom stereocenters. The Kier molecular flexibility index (Phi) is 29.9. The molecule has 0 heteroatoms. The highest BCUT2D eigenvalue weighted by Gasteiger charge is 2.16. The van der Waals surface area contributed by atoms with Crippen molar-refractivity contribution < 1.29 is 0 Å². The summed E-state index contributed by atoms with van der Waals surface area (Å²) >= 11 is 0. The average Bonchev–Trinajstić information content (AvgIpc) is 3.59. The van der Waals surface area contributed by atoms with Gasteiger partial charge in [0, 0.05) is 0 Å². The second-order valence-electron chi connectivity index (χ2n) is 11.8. The van der Waals surface area contributed by atoms with Crippen LogP contribution in [-0.4, -0.2) is 0 Å². The molecule has 0 amide bonds. The van der Waals surface area contributed by atoms with Crippen LogP contribution in [0, 0.1) is 11.8 Å². The summed E-state index contributed by atoms with van der Waals surface area (Å²) in [4.78, 5) is 0. The van der Waals surface area contributed by atoms with E-state index in [0.717, 1.165) is 18.3 Å². The van der Waals surface area contributed by atoms with Gasteiger partial charge in [0.2, 0.25) is 0 Å². The molecular formula is C44H72. The summed E-state index contributed by atoms with van der Waals surface area (Å²) in [5.74, 6) is 1.67. The van der Waals surface area contributed by atoms with E-state index in [1.165, 1.54) is 69.8 Å². The summed E-state index contributed by atoms with van der Waals surface area (Å²) in [6, 6.07) is 30.5. The minimum Gasteiger partial charge on any atom is -0.0776 e. The molecule has 4 aromatic carbocycles. The van der Waals surface area contributed by atoms with Crippen LogP contribution in [0.3, 0.4) is 0 Å². The third-order valence-corrected chi connectivity index (χ3v) is 5.45. The van der Waals surface area contributed by atoms with E-state index in [-0.39, 0.29) is 7.43 Å². The van der Waals surface area contributed by atoms with Crippen molar-refractivity contribution in [1.29, 1.82) is 0 Å². The molecule has 0 fully saturated rings. The molecule has 2 aliphatic rings. The summed E-state index contributed by atoms with van der Waals surface area (Å²) in [5, 5.41) is 2.92. The third-order valence-electron chi connectivity index (χ3n) is 5.45. The molecule has 0 heterocycles. The van der Waals surface area contributed by atoms with Gasteiger partial charge in [0.1, 0.15) is 0 Å². The first-order valence-corrected chi connectivity index (χ1v) is 17.3. The summed E-state index contributed by atoms with van der Waals surface area (Å²) in [7, 11) is 0. The Balaban J connectivity index is -0.000000499. The van der Waals surface area contributed by atoms with E-state index in [1.54, 1.807) is 0 Å². The number of hydrogen-bond donors (Lipinski definition) is 0. The maximum Gasteiger partial charge on any atom is -0.00135 e. The summed E-state index contributed by atoms with van der Waals surface area (Å²) in [5.41, 5.74) is 8.81. The molecule has 0 bridgehead atoms. The Hall–Kier alpha value is -2.86. The van der Waals surface area contributed by atoms with E-state index in [1.807, 2.05) is 27.7 Å². The van der Waals surface area contributed by atoms with Crippen LogP contribution in [0.4, 0.5) is 0 Å². The fourth-order valence-electron chi connectivity index (χ4n) is 4.27. The summed E-state index contributed by atoms with van der Waals surface area (Å²) < 4.78 is 0. The smallest absolute Gasteiger partial charge is 0.00135 e. The number of aryl methyl sites for hydroxylation is 2. The van der Waals surface area contributed by atoms with Gasteiger partial charge in [0.25, 0.3) is 0 Å². The molecule has 4 aromatic rings. The zero-order chi connectivity index (χ0) is 33.2. The second-order valence-corrected chi connectivity index (χ2v) is 11.8. The van der Waals surface area contributed by atoms with Crippen molar-refractivity contribution >= 4 is 10.8 Å². The molecule has 0 aromatic heterocycles. The van der Waals surface area contributed by atoms with Crippen molar-refractivity contribution in [2.45, 2.75) is 136 Å². The van der Waals surface area contributed by atoms with Crippen molar-refractivity contribution in [3.63, 3.8) is 0 Å². The lowest BCUT2D eigenvalue weighted by Gasteiger charge is -1.99. The van der Waals surface area contributed by atoms with Gasteiger partial charge in [-0.2, -0.15) is 0 Å². The Morgan fingerprint density at radius 3 is 1.05 bits per heavy atom. The van der Waals surface area contributed by atoms with Crippen LogP contribution >= 0.6 is 0 Å². The van der Waals surface area contributed by atoms with Gasteiger partial charge >= 0.3 is 0 Å². The molecule has 0 spiro atoms. The van der Waals surface area contributed by atoms with Gasteiger partial charge in [0.05, 0.1) is 0 Å². The number of rotatable bonds is 0. The predicted octanol–water partition coefficient (Wildman–Crippen LogP) is 15.0. The molecule has 0 atom stereocenters. The third kappa shape index (κ3) is 18.1. The van der Waals surface area contributed by atoms with Crippen LogP contribution in [0.25, 0.3) is 21.9 Å². The van der Waals surface area contributed by atoms with Crippen LogP contribution in [0.15, 0.2) is 84.9 Å². The maximum atomic E-state index is 2.25. The lowest BCUT2D eigenvalue weighted by atomic mass is 10.1. The average molecular weight is 601 g/mol. The monoisotopic (exact) mass is 601 g/mol. The quantitative estimate of drug-likeness (QED) is 0.166. The topological polar surface area (TPSA) is 0 Å². The van der Waals surface area contributed by atoms with Gasteiger partial charge in [-0.3, -0.25) is 0 Å². The summed E-state index contributed by atoms with van der Waals surface area (Å²) in [6.07, 6.45) is 6.07. The van der Waals surface area contributed by atoms with Crippen LogP contribution in [0.5, 0.6) is 0 Å². The molecule has 0 saturated carbocycles. The van der Waals surface area contributed by atoms with E-state index in [4.69, 9.17) is 0 Å². The van der Waals surface area contributed by atoms with Gasteiger partial charge in [0.15, 0.2) is 0 Å².